The summed E-state index contributed by atoms with van der Waals surface area (Å²) in [5.74, 6) is 2.30. The third-order valence-corrected chi connectivity index (χ3v) is 3.83. The number of anilines is 1. The van der Waals surface area contributed by atoms with Crippen LogP contribution in [-0.2, 0) is 4.74 Å². The molecular formula is C12H18BrNOS. The summed E-state index contributed by atoms with van der Waals surface area (Å²) in [7, 11) is 1.75. The van der Waals surface area contributed by atoms with Crippen molar-refractivity contribution in [3.8, 4) is 0 Å². The Morgan fingerprint density at radius 3 is 2.88 bits per heavy atom. The molecule has 1 aromatic rings. The maximum atomic E-state index is 5.00. The number of rotatable bonds is 8. The van der Waals surface area contributed by atoms with Crippen molar-refractivity contribution in [3.05, 3.63) is 28.7 Å². The van der Waals surface area contributed by atoms with Gasteiger partial charge >= 0.3 is 0 Å². The van der Waals surface area contributed by atoms with Crippen LogP contribution in [0.3, 0.4) is 0 Å². The molecule has 1 rings (SSSR count). The molecule has 0 bridgehead atoms. The molecule has 0 aromatic heterocycles. The molecule has 0 spiro atoms. The van der Waals surface area contributed by atoms with E-state index in [-0.39, 0.29) is 0 Å². The fourth-order valence-corrected chi connectivity index (χ4v) is 2.47. The van der Waals surface area contributed by atoms with Gasteiger partial charge in [-0.15, -0.1) is 0 Å². The summed E-state index contributed by atoms with van der Waals surface area (Å²) in [6.45, 7) is 1.87. The molecular weight excluding hydrogens is 286 g/mol. The lowest BCUT2D eigenvalue weighted by atomic mass is 10.3. The van der Waals surface area contributed by atoms with Crippen molar-refractivity contribution in [2.45, 2.75) is 6.42 Å². The van der Waals surface area contributed by atoms with Crippen LogP contribution in [0.5, 0.6) is 0 Å². The fraction of sp³-hybridized carbons (Fsp3) is 0.500. The molecule has 1 N–H and O–H groups in total. The topological polar surface area (TPSA) is 21.3 Å². The molecule has 90 valence electrons. The lowest BCUT2D eigenvalue weighted by Crippen LogP contribution is -2.05. The smallest absolute Gasteiger partial charge is 0.0484 e. The van der Waals surface area contributed by atoms with Gasteiger partial charge in [0.25, 0.3) is 0 Å². The molecule has 0 fully saturated rings. The van der Waals surface area contributed by atoms with Crippen molar-refractivity contribution in [2.75, 3.05) is 37.1 Å². The minimum atomic E-state index is 0.866. The number of benzene rings is 1. The number of ether oxygens (including phenoxy) is 1. The summed E-state index contributed by atoms with van der Waals surface area (Å²) < 4.78 is 6.12. The van der Waals surface area contributed by atoms with Gasteiger partial charge in [-0.3, -0.25) is 0 Å². The summed E-state index contributed by atoms with van der Waals surface area (Å²) in [6.07, 6.45) is 1.14. The lowest BCUT2D eigenvalue weighted by molar-refractivity contribution is 0.200. The monoisotopic (exact) mass is 303 g/mol. The van der Waals surface area contributed by atoms with Crippen molar-refractivity contribution < 1.29 is 4.74 Å². The number of hydrogen-bond donors (Lipinski definition) is 1. The van der Waals surface area contributed by atoms with Gasteiger partial charge in [0.2, 0.25) is 0 Å². The van der Waals surface area contributed by atoms with E-state index in [0.29, 0.717) is 0 Å². The second-order valence-electron chi connectivity index (χ2n) is 3.37. The average molecular weight is 304 g/mol. The van der Waals surface area contributed by atoms with E-state index in [4.69, 9.17) is 4.74 Å². The van der Waals surface area contributed by atoms with E-state index in [1.807, 2.05) is 30.0 Å². The number of nitrogens with one attached hydrogen (secondary N) is 1. The number of halogens is 1. The molecule has 1 aromatic carbocycles. The van der Waals surface area contributed by atoms with E-state index in [0.717, 1.165) is 29.8 Å². The molecule has 0 unspecified atom stereocenters. The number of para-hydroxylation sites is 1. The van der Waals surface area contributed by atoms with Crippen molar-refractivity contribution in [3.63, 3.8) is 0 Å². The maximum absolute atomic E-state index is 5.00. The van der Waals surface area contributed by atoms with Crippen LogP contribution in [0.1, 0.15) is 6.42 Å². The highest BCUT2D eigenvalue weighted by Gasteiger charge is 1.96. The molecule has 0 aliphatic rings. The predicted octanol–water partition coefficient (Wildman–Crippen LogP) is 3.63. The van der Waals surface area contributed by atoms with Gasteiger partial charge in [-0.25, -0.2) is 0 Å². The Kier molecular flexibility index (Phi) is 7.72. The molecule has 0 aliphatic carbocycles. The first-order valence-corrected chi connectivity index (χ1v) is 7.34. The van der Waals surface area contributed by atoms with Crippen LogP contribution >= 0.6 is 27.7 Å². The highest BCUT2D eigenvalue weighted by molar-refractivity contribution is 9.10. The van der Waals surface area contributed by atoms with Crippen LogP contribution in [0.4, 0.5) is 5.69 Å². The Labute approximate surface area is 110 Å². The second kappa shape index (κ2) is 8.90. The van der Waals surface area contributed by atoms with E-state index in [2.05, 4.69) is 27.3 Å². The molecule has 0 aliphatic heterocycles. The first kappa shape index (κ1) is 13.9. The number of thioether (sulfide) groups is 1. The van der Waals surface area contributed by atoms with Crippen LogP contribution < -0.4 is 5.32 Å². The van der Waals surface area contributed by atoms with Crippen molar-refractivity contribution in [2.24, 2.45) is 0 Å². The molecule has 0 saturated heterocycles. The molecule has 16 heavy (non-hydrogen) atoms. The van der Waals surface area contributed by atoms with Gasteiger partial charge < -0.3 is 10.1 Å². The van der Waals surface area contributed by atoms with Crippen LogP contribution in [0.25, 0.3) is 0 Å². The summed E-state index contributed by atoms with van der Waals surface area (Å²) in [4.78, 5) is 0. The Hall–Kier alpha value is -0.190. The lowest BCUT2D eigenvalue weighted by Gasteiger charge is -2.07. The van der Waals surface area contributed by atoms with E-state index >= 15 is 0 Å². The van der Waals surface area contributed by atoms with Gasteiger partial charge in [-0.2, -0.15) is 11.8 Å². The maximum Gasteiger partial charge on any atom is 0.0484 e. The van der Waals surface area contributed by atoms with E-state index in [9.17, 15) is 0 Å². The normalized spacial score (nSPS) is 10.4. The van der Waals surface area contributed by atoms with Gasteiger partial charge in [-0.1, -0.05) is 12.1 Å². The number of methoxy groups -OCH3 is 1. The minimum Gasteiger partial charge on any atom is -0.385 e. The van der Waals surface area contributed by atoms with Gasteiger partial charge in [0.1, 0.15) is 0 Å². The average Bonchev–Trinajstić information content (AvgIpc) is 2.30. The molecule has 0 radical (unpaired) electrons. The van der Waals surface area contributed by atoms with Crippen LogP contribution in [-0.4, -0.2) is 31.8 Å². The van der Waals surface area contributed by atoms with Crippen molar-refractivity contribution in [1.82, 2.24) is 0 Å². The molecule has 0 amide bonds. The van der Waals surface area contributed by atoms with E-state index < -0.39 is 0 Å². The van der Waals surface area contributed by atoms with Crippen molar-refractivity contribution >= 4 is 33.4 Å². The second-order valence-corrected chi connectivity index (χ2v) is 5.44. The molecule has 4 heteroatoms. The van der Waals surface area contributed by atoms with Crippen LogP contribution in [0, 0.1) is 0 Å². The third kappa shape index (κ3) is 5.77. The summed E-state index contributed by atoms with van der Waals surface area (Å²) in [5, 5.41) is 3.40. The highest BCUT2D eigenvalue weighted by atomic mass is 79.9. The van der Waals surface area contributed by atoms with Gasteiger partial charge in [-0.05, 0) is 40.2 Å². The van der Waals surface area contributed by atoms with Gasteiger partial charge in [0, 0.05) is 36.2 Å². The van der Waals surface area contributed by atoms with E-state index in [1.165, 1.54) is 11.4 Å². The Morgan fingerprint density at radius 1 is 1.31 bits per heavy atom. The Morgan fingerprint density at radius 2 is 2.12 bits per heavy atom. The minimum absolute atomic E-state index is 0.866. The SMILES string of the molecule is COCCCSCCNc1ccccc1Br. The molecule has 0 heterocycles. The first-order chi connectivity index (χ1) is 7.84. The zero-order valence-electron chi connectivity index (χ0n) is 9.54. The van der Waals surface area contributed by atoms with Crippen molar-refractivity contribution in [1.29, 1.82) is 0 Å². The molecule has 2 nitrogen and oxygen atoms in total. The molecule has 0 saturated carbocycles. The summed E-state index contributed by atoms with van der Waals surface area (Å²) in [5.41, 5.74) is 1.17. The fourth-order valence-electron chi connectivity index (χ4n) is 1.27. The van der Waals surface area contributed by atoms with E-state index in [1.54, 1.807) is 7.11 Å². The predicted molar refractivity (Wildman–Crippen MR) is 76.4 cm³/mol. The van der Waals surface area contributed by atoms with Gasteiger partial charge in [0.05, 0.1) is 0 Å². The summed E-state index contributed by atoms with van der Waals surface area (Å²) in [6, 6.07) is 8.20. The van der Waals surface area contributed by atoms with Crippen LogP contribution in [0.15, 0.2) is 28.7 Å². The molecule has 0 atom stereocenters. The van der Waals surface area contributed by atoms with Gasteiger partial charge in [0.15, 0.2) is 0 Å². The standard InChI is InChI=1S/C12H18BrNOS/c1-15-8-4-9-16-10-7-14-12-6-3-2-5-11(12)13/h2-3,5-6,14H,4,7-10H2,1H3. The van der Waals surface area contributed by atoms with Crippen LogP contribution in [0.2, 0.25) is 0 Å². The quantitative estimate of drug-likeness (QED) is 0.741. The largest absolute Gasteiger partial charge is 0.385 e. The first-order valence-electron chi connectivity index (χ1n) is 5.39. The Balaban J connectivity index is 2.05. The number of hydrogen-bond acceptors (Lipinski definition) is 3. The Bertz CT molecular complexity index is 296. The highest BCUT2D eigenvalue weighted by Crippen LogP contribution is 2.20. The third-order valence-electron chi connectivity index (χ3n) is 2.07. The zero-order chi connectivity index (χ0) is 11.6. The summed E-state index contributed by atoms with van der Waals surface area (Å²) >= 11 is 5.47. The zero-order valence-corrected chi connectivity index (χ0v) is 11.9.